The number of benzene rings is 2. The van der Waals surface area contributed by atoms with Crippen molar-refractivity contribution >= 4 is 60.6 Å². The SMILES string of the molecule is C[C@H](C(=O)N[C@H]1CCN(c2ccc(S(=O)(=O)Nc3nccs3)cc2)C1)n1ccc2ccc(Cl)cc21.[HH]. The van der Waals surface area contributed by atoms with E-state index in [0.717, 1.165) is 29.6 Å². The Morgan fingerprint density at radius 3 is 2.77 bits per heavy atom. The van der Waals surface area contributed by atoms with Gasteiger partial charge < -0.3 is 14.8 Å². The second kappa shape index (κ2) is 9.52. The van der Waals surface area contributed by atoms with Gasteiger partial charge in [0.05, 0.1) is 10.4 Å². The maximum Gasteiger partial charge on any atom is 0.263 e. The van der Waals surface area contributed by atoms with Crippen molar-refractivity contribution in [1.82, 2.24) is 14.9 Å². The van der Waals surface area contributed by atoms with Gasteiger partial charge in [0.1, 0.15) is 6.04 Å². The van der Waals surface area contributed by atoms with Gasteiger partial charge in [-0.15, -0.1) is 11.3 Å². The second-order valence-electron chi connectivity index (χ2n) is 8.48. The van der Waals surface area contributed by atoms with Crippen LogP contribution >= 0.6 is 22.9 Å². The first-order chi connectivity index (χ1) is 16.8. The summed E-state index contributed by atoms with van der Waals surface area (Å²) in [5, 5.41) is 6.87. The molecule has 2 N–H and O–H groups in total. The number of carbonyl (C=O) groups excluding carboxylic acids is 1. The fourth-order valence-corrected chi connectivity index (χ4v) is 6.26. The van der Waals surface area contributed by atoms with E-state index in [2.05, 4.69) is 19.9 Å². The Kier molecular flexibility index (Phi) is 6.43. The van der Waals surface area contributed by atoms with Gasteiger partial charge in [0.25, 0.3) is 10.0 Å². The summed E-state index contributed by atoms with van der Waals surface area (Å²) in [6, 6.07) is 14.0. The lowest BCUT2D eigenvalue weighted by Gasteiger charge is -2.21. The number of nitrogens with zero attached hydrogens (tertiary/aromatic N) is 3. The Morgan fingerprint density at radius 1 is 1.23 bits per heavy atom. The van der Waals surface area contributed by atoms with Crippen LogP contribution in [0.2, 0.25) is 5.02 Å². The van der Waals surface area contributed by atoms with Crippen LogP contribution in [-0.4, -0.2) is 43.0 Å². The highest BCUT2D eigenvalue weighted by atomic mass is 35.5. The molecular formula is C24H26ClN5O3S2. The van der Waals surface area contributed by atoms with Gasteiger partial charge >= 0.3 is 0 Å². The van der Waals surface area contributed by atoms with E-state index in [1.807, 2.05) is 42.0 Å². The van der Waals surface area contributed by atoms with Gasteiger partial charge in [-0.2, -0.15) is 0 Å². The summed E-state index contributed by atoms with van der Waals surface area (Å²) in [6.07, 6.45) is 4.26. The highest BCUT2D eigenvalue weighted by Crippen LogP contribution is 2.26. The molecule has 0 spiro atoms. The molecule has 2 aromatic carbocycles. The summed E-state index contributed by atoms with van der Waals surface area (Å²) in [5.41, 5.74) is 1.83. The zero-order valence-electron chi connectivity index (χ0n) is 18.9. The van der Waals surface area contributed by atoms with Gasteiger partial charge in [-0.05, 0) is 61.2 Å². The molecule has 11 heteroatoms. The van der Waals surface area contributed by atoms with Crippen LogP contribution in [0.4, 0.5) is 10.8 Å². The van der Waals surface area contributed by atoms with E-state index in [-0.39, 0.29) is 24.3 Å². The second-order valence-corrected chi connectivity index (χ2v) is 11.5. The first-order valence-corrected chi connectivity index (χ1v) is 13.9. The van der Waals surface area contributed by atoms with Crippen molar-refractivity contribution in [3.63, 3.8) is 0 Å². The molecule has 4 aromatic rings. The smallest absolute Gasteiger partial charge is 0.263 e. The van der Waals surface area contributed by atoms with E-state index in [1.165, 1.54) is 11.3 Å². The molecule has 0 unspecified atom stereocenters. The largest absolute Gasteiger partial charge is 0.369 e. The zero-order valence-corrected chi connectivity index (χ0v) is 21.3. The summed E-state index contributed by atoms with van der Waals surface area (Å²) in [6.45, 7) is 3.30. The third-order valence-corrected chi connectivity index (χ3v) is 8.59. The maximum absolute atomic E-state index is 13.0. The molecule has 1 aliphatic heterocycles. The number of carbonyl (C=O) groups is 1. The van der Waals surface area contributed by atoms with Crippen LogP contribution in [0.15, 0.2) is 71.2 Å². The van der Waals surface area contributed by atoms with Crippen molar-refractivity contribution in [3.05, 3.63) is 71.3 Å². The molecule has 8 nitrogen and oxygen atoms in total. The maximum atomic E-state index is 13.0. The molecule has 0 radical (unpaired) electrons. The summed E-state index contributed by atoms with van der Waals surface area (Å²) < 4.78 is 29.5. The topological polar surface area (TPSA) is 96.3 Å². The highest BCUT2D eigenvalue weighted by molar-refractivity contribution is 7.93. The molecular weight excluding hydrogens is 506 g/mol. The molecule has 1 amide bonds. The monoisotopic (exact) mass is 531 g/mol. The molecule has 2 atom stereocenters. The Labute approximate surface area is 214 Å². The van der Waals surface area contributed by atoms with E-state index in [9.17, 15) is 13.2 Å². The van der Waals surface area contributed by atoms with Crippen LogP contribution in [0.25, 0.3) is 10.9 Å². The minimum Gasteiger partial charge on any atom is -0.369 e. The molecule has 35 heavy (non-hydrogen) atoms. The number of aromatic nitrogens is 2. The third kappa shape index (κ3) is 5.00. The third-order valence-electron chi connectivity index (χ3n) is 6.18. The lowest BCUT2D eigenvalue weighted by Crippen LogP contribution is -2.40. The normalized spacial score (nSPS) is 17.0. The van der Waals surface area contributed by atoms with E-state index < -0.39 is 10.0 Å². The standard InChI is InChI=1S/C24H24ClN5O3S2.H2/c1-16(30-12-8-17-2-3-18(25)14-22(17)30)23(31)27-19-9-11-29(15-19)20-4-6-21(7-5-20)35(32,33)28-24-26-10-13-34-24;/h2-8,10,12-14,16,19H,9,11,15H2,1H3,(H,26,28)(H,27,31);1H/t16-,19+;/m1./s1. The van der Waals surface area contributed by atoms with Crippen molar-refractivity contribution in [3.8, 4) is 0 Å². The first kappa shape index (κ1) is 23.7. The van der Waals surface area contributed by atoms with Crippen LogP contribution in [-0.2, 0) is 14.8 Å². The van der Waals surface area contributed by atoms with E-state index in [1.54, 1.807) is 35.8 Å². The number of hydrogen-bond donors (Lipinski definition) is 2. The fourth-order valence-electron chi connectivity index (χ4n) is 4.30. The fraction of sp³-hybridized carbons (Fsp3) is 0.250. The van der Waals surface area contributed by atoms with E-state index in [4.69, 9.17) is 11.6 Å². The van der Waals surface area contributed by atoms with Gasteiger partial charge in [0.2, 0.25) is 5.91 Å². The van der Waals surface area contributed by atoms with E-state index in [0.29, 0.717) is 16.7 Å². The van der Waals surface area contributed by atoms with Crippen LogP contribution in [0.3, 0.4) is 0 Å². The van der Waals surface area contributed by atoms with Crippen molar-refractivity contribution in [2.24, 2.45) is 0 Å². The zero-order chi connectivity index (χ0) is 24.6. The van der Waals surface area contributed by atoms with Crippen LogP contribution in [0, 0.1) is 0 Å². The molecule has 0 bridgehead atoms. The molecule has 1 fully saturated rings. The van der Waals surface area contributed by atoms with Gasteiger partial charge in [0.15, 0.2) is 5.13 Å². The number of nitrogens with one attached hydrogen (secondary N) is 2. The van der Waals surface area contributed by atoms with Crippen LogP contribution in [0.1, 0.15) is 20.8 Å². The minimum absolute atomic E-state index is 0. The van der Waals surface area contributed by atoms with Crippen LogP contribution in [0.5, 0.6) is 0 Å². The van der Waals surface area contributed by atoms with Gasteiger partial charge in [-0.3, -0.25) is 9.52 Å². The average Bonchev–Trinajstić information content (AvgIpc) is 3.60. The predicted octanol–water partition coefficient (Wildman–Crippen LogP) is 4.75. The number of halogens is 1. The van der Waals surface area contributed by atoms with Gasteiger partial charge in [-0.1, -0.05) is 17.7 Å². The number of thiazole rings is 1. The van der Waals surface area contributed by atoms with Crippen molar-refractivity contribution in [2.75, 3.05) is 22.7 Å². The Balaban J connectivity index is 0.00000304. The first-order valence-electron chi connectivity index (χ1n) is 11.1. The molecule has 5 rings (SSSR count). The minimum atomic E-state index is -3.69. The number of fused-ring (bicyclic) bond motifs is 1. The molecule has 3 heterocycles. The Bertz CT molecular complexity index is 1460. The summed E-state index contributed by atoms with van der Waals surface area (Å²) in [4.78, 5) is 19.3. The summed E-state index contributed by atoms with van der Waals surface area (Å²) in [7, 11) is -3.69. The average molecular weight is 532 g/mol. The number of hydrogen-bond acceptors (Lipinski definition) is 6. The number of anilines is 2. The van der Waals surface area contributed by atoms with Crippen molar-refractivity contribution in [2.45, 2.75) is 30.3 Å². The number of rotatable bonds is 7. The Morgan fingerprint density at radius 2 is 2.03 bits per heavy atom. The highest BCUT2D eigenvalue weighted by Gasteiger charge is 2.27. The Hall–Kier alpha value is -3.08. The quantitative estimate of drug-likeness (QED) is 0.358. The summed E-state index contributed by atoms with van der Waals surface area (Å²) in [5.74, 6) is -0.0518. The molecule has 0 saturated carbocycles. The van der Waals surface area contributed by atoms with Crippen LogP contribution < -0.4 is 14.9 Å². The molecule has 0 aliphatic carbocycles. The summed E-state index contributed by atoms with van der Waals surface area (Å²) >= 11 is 7.37. The molecule has 1 saturated heterocycles. The number of sulfonamides is 1. The lowest BCUT2D eigenvalue weighted by atomic mass is 10.2. The van der Waals surface area contributed by atoms with Crippen molar-refractivity contribution < 1.29 is 14.6 Å². The lowest BCUT2D eigenvalue weighted by molar-refractivity contribution is -0.124. The molecule has 2 aromatic heterocycles. The van der Waals surface area contributed by atoms with Crippen molar-refractivity contribution in [1.29, 1.82) is 0 Å². The molecule has 1 aliphatic rings. The van der Waals surface area contributed by atoms with E-state index >= 15 is 0 Å². The number of amides is 1. The predicted molar refractivity (Wildman–Crippen MR) is 142 cm³/mol. The van der Waals surface area contributed by atoms with Gasteiger partial charge in [-0.25, -0.2) is 13.4 Å². The molecule has 184 valence electrons. The van der Waals surface area contributed by atoms with Gasteiger partial charge in [0, 0.05) is 49.0 Å².